The molecule has 0 saturated carbocycles. The van der Waals surface area contributed by atoms with E-state index < -0.39 is 17.1 Å². The van der Waals surface area contributed by atoms with Gasteiger partial charge in [0.1, 0.15) is 5.54 Å². The first kappa shape index (κ1) is 14.8. The fourth-order valence-corrected chi connectivity index (χ4v) is 2.28. The van der Waals surface area contributed by atoms with Crippen LogP contribution in [0.25, 0.3) is 10.4 Å². The Bertz CT molecular complexity index is 356. The molecule has 1 fully saturated rings. The number of carboxylic acid groups (broad SMARTS) is 1. The van der Waals surface area contributed by atoms with Crippen LogP contribution in [0.3, 0.4) is 0 Å². The van der Waals surface area contributed by atoms with Gasteiger partial charge in [0, 0.05) is 31.0 Å². The van der Waals surface area contributed by atoms with Crippen LogP contribution in [-0.4, -0.2) is 41.9 Å². The number of ether oxygens (including phenoxy) is 1. The maximum absolute atomic E-state index is 11.5. The molecule has 0 aromatic rings. The third kappa shape index (κ3) is 3.35. The molecule has 1 aliphatic rings. The number of hydrogen-bond donors (Lipinski definition) is 2. The van der Waals surface area contributed by atoms with Crippen molar-refractivity contribution in [2.24, 2.45) is 5.11 Å². The van der Waals surface area contributed by atoms with Gasteiger partial charge in [-0.05, 0) is 25.3 Å². The summed E-state index contributed by atoms with van der Waals surface area (Å²) < 4.78 is 5.66. The van der Waals surface area contributed by atoms with Gasteiger partial charge in [-0.2, -0.15) is 0 Å². The van der Waals surface area contributed by atoms with Crippen molar-refractivity contribution < 1.29 is 14.6 Å². The monoisotopic (exact) mass is 256 g/mol. The van der Waals surface area contributed by atoms with Crippen LogP contribution in [-0.2, 0) is 9.53 Å². The maximum atomic E-state index is 11.5. The van der Waals surface area contributed by atoms with Gasteiger partial charge in [-0.15, -0.1) is 0 Å². The van der Waals surface area contributed by atoms with Crippen molar-refractivity contribution in [3.05, 3.63) is 10.4 Å². The lowest BCUT2D eigenvalue weighted by Crippen LogP contribution is -2.60. The zero-order chi connectivity index (χ0) is 13.6. The van der Waals surface area contributed by atoms with Crippen LogP contribution < -0.4 is 5.32 Å². The van der Waals surface area contributed by atoms with Gasteiger partial charge < -0.3 is 15.2 Å². The Hall–Kier alpha value is -1.30. The van der Waals surface area contributed by atoms with E-state index >= 15 is 0 Å². The lowest BCUT2D eigenvalue weighted by atomic mass is 9.79. The molecule has 0 aliphatic carbocycles. The Morgan fingerprint density at radius 1 is 1.67 bits per heavy atom. The van der Waals surface area contributed by atoms with Gasteiger partial charge >= 0.3 is 5.97 Å². The molecular weight excluding hydrogens is 236 g/mol. The molecule has 2 N–H and O–H groups in total. The van der Waals surface area contributed by atoms with E-state index in [1.54, 1.807) is 0 Å². The number of azide groups is 1. The average molecular weight is 256 g/mol. The van der Waals surface area contributed by atoms with Crippen molar-refractivity contribution in [2.75, 3.05) is 19.7 Å². The van der Waals surface area contributed by atoms with Crippen molar-refractivity contribution in [2.45, 2.75) is 44.2 Å². The highest BCUT2D eigenvalue weighted by molar-refractivity contribution is 5.79. The first-order valence-electron chi connectivity index (χ1n) is 6.11. The number of nitrogens with zero attached hydrogens (tertiary/aromatic N) is 3. The van der Waals surface area contributed by atoms with Crippen molar-refractivity contribution in [3.8, 4) is 0 Å². The van der Waals surface area contributed by atoms with E-state index in [1.807, 2.05) is 13.8 Å². The predicted octanol–water partition coefficient (Wildman–Crippen LogP) is 1.69. The van der Waals surface area contributed by atoms with Crippen molar-refractivity contribution in [1.82, 2.24) is 5.32 Å². The molecular formula is C11H20N4O3. The molecule has 7 nitrogen and oxygen atoms in total. The standard InChI is InChI=1S/C11H20N4O3/c1-3-10(2)8-11(9(16)17,4-7-18-10)13-5-6-14-15-12/h13H,3-8H2,1-2H3,(H,16,17). The van der Waals surface area contributed by atoms with Crippen LogP contribution in [0, 0.1) is 0 Å². The normalized spacial score (nSPS) is 31.7. The molecule has 7 heteroatoms. The topological polar surface area (TPSA) is 107 Å². The number of rotatable bonds is 6. The van der Waals surface area contributed by atoms with E-state index in [0.717, 1.165) is 6.42 Å². The minimum atomic E-state index is -0.978. The molecule has 0 radical (unpaired) electrons. The van der Waals surface area contributed by atoms with E-state index in [9.17, 15) is 9.90 Å². The molecule has 18 heavy (non-hydrogen) atoms. The number of nitrogens with one attached hydrogen (secondary N) is 1. The van der Waals surface area contributed by atoms with Crippen molar-refractivity contribution >= 4 is 5.97 Å². The third-order valence-corrected chi connectivity index (χ3v) is 3.55. The minimum Gasteiger partial charge on any atom is -0.480 e. The highest BCUT2D eigenvalue weighted by atomic mass is 16.5. The fraction of sp³-hybridized carbons (Fsp3) is 0.909. The average Bonchev–Trinajstić information content (AvgIpc) is 2.35. The molecule has 1 saturated heterocycles. The van der Waals surface area contributed by atoms with Crippen LogP contribution in [0.2, 0.25) is 0 Å². The highest BCUT2D eigenvalue weighted by Gasteiger charge is 2.47. The molecule has 0 bridgehead atoms. The number of carbonyl (C=O) groups is 1. The van der Waals surface area contributed by atoms with Crippen LogP contribution >= 0.6 is 0 Å². The number of hydrogen-bond acceptors (Lipinski definition) is 4. The quantitative estimate of drug-likeness (QED) is 0.326. The molecule has 102 valence electrons. The van der Waals surface area contributed by atoms with Gasteiger partial charge in [0.05, 0.1) is 5.60 Å². The molecule has 2 unspecified atom stereocenters. The molecule has 1 aliphatic heterocycles. The highest BCUT2D eigenvalue weighted by Crippen LogP contribution is 2.34. The summed E-state index contributed by atoms with van der Waals surface area (Å²) in [7, 11) is 0. The Kier molecular flexibility index (Phi) is 4.95. The molecule has 0 spiro atoms. The van der Waals surface area contributed by atoms with Gasteiger partial charge in [-0.1, -0.05) is 12.0 Å². The molecule has 2 atom stereocenters. The van der Waals surface area contributed by atoms with Crippen LogP contribution in [0.5, 0.6) is 0 Å². The SMILES string of the molecule is CCC1(C)CC(NCCN=[N+]=[N-])(C(=O)O)CCO1. The Morgan fingerprint density at radius 2 is 2.39 bits per heavy atom. The second kappa shape index (κ2) is 6.04. The lowest BCUT2D eigenvalue weighted by molar-refractivity contribution is -0.160. The van der Waals surface area contributed by atoms with Gasteiger partial charge in [0.25, 0.3) is 0 Å². The number of carboxylic acids is 1. The molecule has 0 aromatic heterocycles. The largest absolute Gasteiger partial charge is 0.480 e. The lowest BCUT2D eigenvalue weighted by Gasteiger charge is -2.44. The molecule has 0 aromatic carbocycles. The molecule has 1 heterocycles. The van der Waals surface area contributed by atoms with E-state index in [-0.39, 0.29) is 6.54 Å². The molecule has 1 rings (SSSR count). The Morgan fingerprint density at radius 3 is 2.94 bits per heavy atom. The zero-order valence-corrected chi connectivity index (χ0v) is 10.8. The second-order valence-electron chi connectivity index (χ2n) is 4.85. The maximum Gasteiger partial charge on any atom is 0.324 e. The van der Waals surface area contributed by atoms with E-state index in [0.29, 0.717) is 26.0 Å². The first-order chi connectivity index (χ1) is 8.48. The summed E-state index contributed by atoms with van der Waals surface area (Å²) in [5.74, 6) is -0.869. The third-order valence-electron chi connectivity index (χ3n) is 3.55. The summed E-state index contributed by atoms with van der Waals surface area (Å²) >= 11 is 0. The van der Waals surface area contributed by atoms with Gasteiger partial charge in [0.2, 0.25) is 0 Å². The summed E-state index contributed by atoms with van der Waals surface area (Å²) in [6, 6.07) is 0. The summed E-state index contributed by atoms with van der Waals surface area (Å²) in [6.45, 7) is 4.94. The van der Waals surface area contributed by atoms with Gasteiger partial charge in [-0.3, -0.25) is 4.79 Å². The van der Waals surface area contributed by atoms with E-state index in [4.69, 9.17) is 10.3 Å². The van der Waals surface area contributed by atoms with Crippen LogP contribution in [0.15, 0.2) is 5.11 Å². The summed E-state index contributed by atoms with van der Waals surface area (Å²) in [5, 5.41) is 15.9. The first-order valence-corrected chi connectivity index (χ1v) is 6.11. The fourth-order valence-electron chi connectivity index (χ4n) is 2.28. The Balaban J connectivity index is 2.73. The van der Waals surface area contributed by atoms with Crippen LogP contribution in [0.1, 0.15) is 33.1 Å². The van der Waals surface area contributed by atoms with E-state index in [1.165, 1.54) is 0 Å². The summed E-state index contributed by atoms with van der Waals surface area (Å²) in [4.78, 5) is 14.2. The smallest absolute Gasteiger partial charge is 0.324 e. The van der Waals surface area contributed by atoms with Crippen LogP contribution in [0.4, 0.5) is 0 Å². The zero-order valence-electron chi connectivity index (χ0n) is 10.8. The van der Waals surface area contributed by atoms with Crippen molar-refractivity contribution in [1.29, 1.82) is 0 Å². The number of aliphatic carboxylic acids is 1. The van der Waals surface area contributed by atoms with Gasteiger partial charge in [0.15, 0.2) is 0 Å². The predicted molar refractivity (Wildman–Crippen MR) is 66.3 cm³/mol. The Labute approximate surface area is 106 Å². The van der Waals surface area contributed by atoms with E-state index in [2.05, 4.69) is 15.3 Å². The summed E-state index contributed by atoms with van der Waals surface area (Å²) in [5.41, 5.74) is 6.80. The van der Waals surface area contributed by atoms with Gasteiger partial charge in [-0.25, -0.2) is 0 Å². The van der Waals surface area contributed by atoms with Crippen molar-refractivity contribution in [3.63, 3.8) is 0 Å². The second-order valence-corrected chi connectivity index (χ2v) is 4.85. The molecule has 0 amide bonds. The minimum absolute atomic E-state index is 0.245. The summed E-state index contributed by atoms with van der Waals surface area (Å²) in [6.07, 6.45) is 1.61.